The van der Waals surface area contributed by atoms with Crippen LogP contribution in [0.25, 0.3) is 10.1 Å². The number of ether oxygens (including phenoxy) is 1. The Labute approximate surface area is 91.5 Å². The predicted octanol–water partition coefficient (Wildman–Crippen LogP) is 3.29. The Hall–Kier alpha value is -0.870. The second-order valence-electron chi connectivity index (χ2n) is 2.85. The molecule has 14 heavy (non-hydrogen) atoms. The second-order valence-corrected chi connectivity index (χ2v) is 4.21. The summed E-state index contributed by atoms with van der Waals surface area (Å²) in [5.41, 5.74) is 0. The second kappa shape index (κ2) is 3.71. The van der Waals surface area contributed by atoms with Gasteiger partial charge in [-0.3, -0.25) is 0 Å². The number of thiophene rings is 1. The molecule has 1 aromatic heterocycles. The van der Waals surface area contributed by atoms with Crippen molar-refractivity contribution in [3.05, 3.63) is 17.5 Å². The third-order valence-electron chi connectivity index (χ3n) is 1.94. The molecule has 2 nitrogen and oxygen atoms in total. The minimum absolute atomic E-state index is 0.169. The summed E-state index contributed by atoms with van der Waals surface area (Å²) in [6.07, 6.45) is 0. The van der Waals surface area contributed by atoms with Gasteiger partial charge in [-0.15, -0.1) is 24.0 Å². The summed E-state index contributed by atoms with van der Waals surface area (Å²) in [6.45, 7) is 2.49. The third kappa shape index (κ3) is 1.44. The Balaban J connectivity index is 2.73. The zero-order chi connectivity index (χ0) is 10.1. The summed E-state index contributed by atoms with van der Waals surface area (Å²) in [5.74, 6) is 0.850. The molecule has 0 saturated heterocycles. The molecular formula is C10H10O2S2. The van der Waals surface area contributed by atoms with Crippen molar-refractivity contribution in [2.75, 3.05) is 6.61 Å². The Morgan fingerprint density at radius 2 is 2.36 bits per heavy atom. The van der Waals surface area contributed by atoms with Gasteiger partial charge in [-0.1, -0.05) is 0 Å². The van der Waals surface area contributed by atoms with E-state index >= 15 is 0 Å². The first-order valence-corrected chi connectivity index (χ1v) is 5.61. The standard InChI is InChI=1S/C10H10O2S2/c1-2-12-8-9(13)7(11)5-6-3-4-14-10(6)8/h3-5,11,13H,2H2,1H3. The van der Waals surface area contributed by atoms with Gasteiger partial charge in [-0.05, 0) is 29.8 Å². The van der Waals surface area contributed by atoms with Crippen molar-refractivity contribution < 1.29 is 9.84 Å². The number of hydrogen-bond acceptors (Lipinski definition) is 4. The predicted molar refractivity (Wildman–Crippen MR) is 61.9 cm³/mol. The molecule has 1 heterocycles. The number of rotatable bonds is 2. The van der Waals surface area contributed by atoms with E-state index in [9.17, 15) is 5.11 Å². The van der Waals surface area contributed by atoms with Crippen LogP contribution in [0.2, 0.25) is 0 Å². The van der Waals surface area contributed by atoms with E-state index in [0.29, 0.717) is 17.3 Å². The molecular weight excluding hydrogens is 216 g/mol. The van der Waals surface area contributed by atoms with Crippen LogP contribution in [-0.4, -0.2) is 11.7 Å². The minimum atomic E-state index is 0.169. The average Bonchev–Trinajstić information content (AvgIpc) is 2.60. The fraction of sp³-hybridized carbons (Fsp3) is 0.200. The van der Waals surface area contributed by atoms with Crippen molar-refractivity contribution in [2.45, 2.75) is 11.8 Å². The Morgan fingerprint density at radius 3 is 3.07 bits per heavy atom. The van der Waals surface area contributed by atoms with Gasteiger partial charge in [-0.25, -0.2) is 0 Å². The van der Waals surface area contributed by atoms with Crippen LogP contribution in [0.3, 0.4) is 0 Å². The van der Waals surface area contributed by atoms with Gasteiger partial charge in [-0.2, -0.15) is 0 Å². The molecule has 0 saturated carbocycles. The molecule has 0 radical (unpaired) electrons. The van der Waals surface area contributed by atoms with Crippen LogP contribution in [0.1, 0.15) is 6.92 Å². The van der Waals surface area contributed by atoms with Crippen LogP contribution < -0.4 is 4.74 Å². The number of fused-ring (bicyclic) bond motifs is 1. The molecule has 1 aromatic carbocycles. The van der Waals surface area contributed by atoms with Gasteiger partial charge in [0.15, 0.2) is 5.75 Å². The van der Waals surface area contributed by atoms with Crippen molar-refractivity contribution in [1.82, 2.24) is 0 Å². The number of thiol groups is 1. The zero-order valence-electron chi connectivity index (χ0n) is 7.65. The molecule has 0 aliphatic rings. The van der Waals surface area contributed by atoms with Crippen molar-refractivity contribution in [2.24, 2.45) is 0 Å². The smallest absolute Gasteiger partial charge is 0.154 e. The zero-order valence-corrected chi connectivity index (χ0v) is 9.36. The van der Waals surface area contributed by atoms with Gasteiger partial charge in [0.25, 0.3) is 0 Å². The van der Waals surface area contributed by atoms with Crippen LogP contribution >= 0.6 is 24.0 Å². The number of aromatic hydroxyl groups is 1. The van der Waals surface area contributed by atoms with Crippen LogP contribution in [0.15, 0.2) is 22.4 Å². The van der Waals surface area contributed by atoms with Gasteiger partial charge in [0.2, 0.25) is 0 Å². The average molecular weight is 226 g/mol. The van der Waals surface area contributed by atoms with Gasteiger partial charge in [0.1, 0.15) is 5.75 Å². The SMILES string of the molecule is CCOc1c(S)c(O)cc2ccsc12. The van der Waals surface area contributed by atoms with E-state index in [1.807, 2.05) is 18.4 Å². The molecule has 0 aliphatic heterocycles. The summed E-state index contributed by atoms with van der Waals surface area (Å²) >= 11 is 5.82. The van der Waals surface area contributed by atoms with Gasteiger partial charge >= 0.3 is 0 Å². The van der Waals surface area contributed by atoms with E-state index in [2.05, 4.69) is 12.6 Å². The highest BCUT2D eigenvalue weighted by Crippen LogP contribution is 2.41. The lowest BCUT2D eigenvalue weighted by Gasteiger charge is -2.08. The molecule has 0 spiro atoms. The van der Waals surface area contributed by atoms with Crippen molar-refractivity contribution in [3.8, 4) is 11.5 Å². The van der Waals surface area contributed by atoms with E-state index < -0.39 is 0 Å². The molecule has 0 aliphatic carbocycles. The molecule has 2 rings (SSSR count). The maximum Gasteiger partial charge on any atom is 0.154 e. The molecule has 0 unspecified atom stereocenters. The Morgan fingerprint density at radius 1 is 1.57 bits per heavy atom. The molecule has 74 valence electrons. The van der Waals surface area contributed by atoms with Gasteiger partial charge < -0.3 is 9.84 Å². The van der Waals surface area contributed by atoms with Crippen LogP contribution in [0.4, 0.5) is 0 Å². The van der Waals surface area contributed by atoms with E-state index in [0.717, 1.165) is 10.1 Å². The quantitative estimate of drug-likeness (QED) is 0.769. The van der Waals surface area contributed by atoms with E-state index in [-0.39, 0.29) is 5.75 Å². The van der Waals surface area contributed by atoms with E-state index in [1.54, 1.807) is 17.4 Å². The highest BCUT2D eigenvalue weighted by Gasteiger charge is 2.11. The maximum absolute atomic E-state index is 9.59. The van der Waals surface area contributed by atoms with Crippen molar-refractivity contribution >= 4 is 34.1 Å². The third-order valence-corrected chi connectivity index (χ3v) is 3.30. The Bertz CT molecular complexity index is 462. The summed E-state index contributed by atoms with van der Waals surface area (Å²) in [5, 5.41) is 12.6. The summed E-state index contributed by atoms with van der Waals surface area (Å²) in [6, 6.07) is 3.66. The normalized spacial score (nSPS) is 10.7. The van der Waals surface area contributed by atoms with Crippen LogP contribution in [0.5, 0.6) is 11.5 Å². The highest BCUT2D eigenvalue weighted by molar-refractivity contribution is 7.80. The number of phenolic OH excluding ortho intramolecular Hbond substituents is 1. The molecule has 0 bridgehead atoms. The van der Waals surface area contributed by atoms with Crippen molar-refractivity contribution in [3.63, 3.8) is 0 Å². The Kier molecular flexibility index (Phi) is 2.56. The first-order chi connectivity index (χ1) is 6.74. The van der Waals surface area contributed by atoms with Crippen molar-refractivity contribution in [1.29, 1.82) is 0 Å². The lowest BCUT2D eigenvalue weighted by Crippen LogP contribution is -1.92. The molecule has 2 aromatic rings. The number of benzene rings is 1. The van der Waals surface area contributed by atoms with Gasteiger partial charge in [0.05, 0.1) is 16.2 Å². The number of phenols is 1. The summed E-state index contributed by atoms with van der Waals surface area (Å²) in [4.78, 5) is 0.516. The molecule has 0 fully saturated rings. The van der Waals surface area contributed by atoms with E-state index in [4.69, 9.17) is 4.74 Å². The summed E-state index contributed by atoms with van der Waals surface area (Å²) < 4.78 is 6.50. The topological polar surface area (TPSA) is 29.5 Å². The van der Waals surface area contributed by atoms with E-state index in [1.165, 1.54) is 0 Å². The monoisotopic (exact) mass is 226 g/mol. The first kappa shape index (κ1) is 9.68. The fourth-order valence-electron chi connectivity index (χ4n) is 1.34. The lowest BCUT2D eigenvalue weighted by atomic mass is 10.2. The molecule has 0 atom stereocenters. The minimum Gasteiger partial charge on any atom is -0.507 e. The lowest BCUT2D eigenvalue weighted by molar-refractivity contribution is 0.332. The fourth-order valence-corrected chi connectivity index (χ4v) is 2.53. The first-order valence-electron chi connectivity index (χ1n) is 4.29. The highest BCUT2D eigenvalue weighted by atomic mass is 32.1. The van der Waals surface area contributed by atoms with Crippen LogP contribution in [-0.2, 0) is 0 Å². The maximum atomic E-state index is 9.59. The van der Waals surface area contributed by atoms with Gasteiger partial charge in [0, 0.05) is 0 Å². The van der Waals surface area contributed by atoms with Crippen LogP contribution in [0, 0.1) is 0 Å². The largest absolute Gasteiger partial charge is 0.507 e. The molecule has 1 N–H and O–H groups in total. The molecule has 4 heteroatoms. The molecule has 0 amide bonds. The summed E-state index contributed by atoms with van der Waals surface area (Å²) in [7, 11) is 0. The number of hydrogen-bond donors (Lipinski definition) is 2.